The summed E-state index contributed by atoms with van der Waals surface area (Å²) in [4.78, 5) is 26.1. The lowest BCUT2D eigenvalue weighted by molar-refractivity contribution is 0.0518. The van der Waals surface area contributed by atoms with E-state index in [0.29, 0.717) is 18.7 Å². The maximum atomic E-state index is 12.5. The number of carbonyl (C=O) groups excluding carboxylic acids is 1. The number of imidazole rings is 1. The molecule has 0 amide bonds. The largest absolute Gasteiger partial charge is 0.461 e. The molecule has 1 aromatic carbocycles. The van der Waals surface area contributed by atoms with Gasteiger partial charge >= 0.3 is 5.97 Å². The molecule has 0 saturated heterocycles. The van der Waals surface area contributed by atoms with Crippen LogP contribution in [-0.2, 0) is 17.6 Å². The predicted octanol–water partition coefficient (Wildman–Crippen LogP) is 3.98. The van der Waals surface area contributed by atoms with Crippen LogP contribution < -0.4 is 0 Å². The number of carbonyl (C=O) groups is 1. The molecule has 0 aliphatic carbocycles. The highest BCUT2D eigenvalue weighted by atomic mass is 16.5. The number of aryl methyl sites for hydroxylation is 3. The van der Waals surface area contributed by atoms with Crippen LogP contribution >= 0.6 is 0 Å². The van der Waals surface area contributed by atoms with E-state index in [-0.39, 0.29) is 0 Å². The minimum Gasteiger partial charge on any atom is -0.461 e. The molecule has 6 nitrogen and oxygen atoms in total. The molecule has 0 bridgehead atoms. The van der Waals surface area contributed by atoms with Gasteiger partial charge in [-0.15, -0.1) is 0 Å². The van der Waals surface area contributed by atoms with Crippen LogP contribution in [0, 0.1) is 13.8 Å². The Morgan fingerprint density at radius 3 is 2.68 bits per heavy atom. The minimum atomic E-state index is -0.409. The van der Waals surface area contributed by atoms with Crippen molar-refractivity contribution in [1.29, 1.82) is 0 Å². The zero-order valence-electron chi connectivity index (χ0n) is 16.7. The van der Waals surface area contributed by atoms with Crippen LogP contribution in [-0.4, -0.2) is 32.1 Å². The Hall–Kier alpha value is -3.02. The van der Waals surface area contributed by atoms with Crippen LogP contribution in [0.1, 0.15) is 59.0 Å². The molecule has 0 N–H and O–H groups in total. The molecule has 0 saturated carbocycles. The molecule has 4 rings (SSSR count). The van der Waals surface area contributed by atoms with E-state index in [1.54, 1.807) is 6.92 Å². The second kappa shape index (κ2) is 7.19. The molecule has 0 fully saturated rings. The monoisotopic (exact) mass is 376 g/mol. The fraction of sp³-hybridized carbons (Fsp3) is 0.364. The van der Waals surface area contributed by atoms with Gasteiger partial charge in [0.2, 0.25) is 0 Å². The van der Waals surface area contributed by atoms with E-state index in [4.69, 9.17) is 4.74 Å². The van der Waals surface area contributed by atoms with Crippen LogP contribution in [0.15, 0.2) is 24.7 Å². The lowest BCUT2D eigenvalue weighted by Gasteiger charge is -2.15. The highest BCUT2D eigenvalue weighted by molar-refractivity contribution is 5.92. The number of fused-ring (bicyclic) bond motifs is 5. The number of esters is 1. The molecule has 144 valence electrons. The Morgan fingerprint density at radius 1 is 1.14 bits per heavy atom. The summed E-state index contributed by atoms with van der Waals surface area (Å²) in [6.45, 7) is 8.46. The summed E-state index contributed by atoms with van der Waals surface area (Å²) >= 11 is 0. The second-order valence-corrected chi connectivity index (χ2v) is 7.15. The molecular weight excluding hydrogens is 352 g/mol. The number of rotatable bonds is 4. The quantitative estimate of drug-likeness (QED) is 0.504. The first-order valence-electron chi connectivity index (χ1n) is 9.73. The van der Waals surface area contributed by atoms with E-state index < -0.39 is 5.97 Å². The van der Waals surface area contributed by atoms with Gasteiger partial charge in [0.05, 0.1) is 18.0 Å². The van der Waals surface area contributed by atoms with Crippen LogP contribution in [0.5, 0.6) is 0 Å². The molecule has 0 unspecified atom stereocenters. The number of nitrogens with zero attached hydrogens (tertiary/aromatic N) is 4. The molecule has 6 heteroatoms. The zero-order valence-corrected chi connectivity index (χ0v) is 16.7. The topological polar surface area (TPSA) is 69.9 Å². The van der Waals surface area contributed by atoms with Gasteiger partial charge in [0.25, 0.3) is 0 Å². The summed E-state index contributed by atoms with van der Waals surface area (Å²) < 4.78 is 7.47. The lowest BCUT2D eigenvalue weighted by atomic mass is 9.97. The van der Waals surface area contributed by atoms with Crippen molar-refractivity contribution in [1.82, 2.24) is 19.5 Å². The van der Waals surface area contributed by atoms with Gasteiger partial charge in [0.1, 0.15) is 12.2 Å². The summed E-state index contributed by atoms with van der Waals surface area (Å²) in [6, 6.07) is 4.34. The van der Waals surface area contributed by atoms with E-state index in [9.17, 15) is 4.79 Å². The Balaban J connectivity index is 2.04. The van der Waals surface area contributed by atoms with E-state index >= 15 is 0 Å². The van der Waals surface area contributed by atoms with Crippen molar-refractivity contribution in [2.24, 2.45) is 0 Å². The number of hydrogen-bond acceptors (Lipinski definition) is 5. The summed E-state index contributed by atoms with van der Waals surface area (Å²) in [7, 11) is 0. The van der Waals surface area contributed by atoms with Crippen molar-refractivity contribution in [3.63, 3.8) is 0 Å². The average molecular weight is 376 g/mol. The standard InChI is InChI=1S/C22H24N4O2/c1-5-7-19-23-11-15-10-17-20(24-12-25-21(17)22(27)28-6-2)16-8-13(3)14(4)9-18(16)26(15)19/h8-9,11-12H,5-7,10H2,1-4H3. The summed E-state index contributed by atoms with van der Waals surface area (Å²) in [5, 5.41) is 0. The normalized spacial score (nSPS) is 12.0. The summed E-state index contributed by atoms with van der Waals surface area (Å²) in [6.07, 6.45) is 5.79. The molecule has 1 aliphatic rings. The zero-order chi connectivity index (χ0) is 19.8. The number of benzene rings is 1. The van der Waals surface area contributed by atoms with Crippen molar-refractivity contribution in [2.45, 2.75) is 47.0 Å². The number of ether oxygens (including phenoxy) is 1. The van der Waals surface area contributed by atoms with Crippen LogP contribution in [0.25, 0.3) is 16.9 Å². The Kier molecular flexibility index (Phi) is 4.71. The maximum Gasteiger partial charge on any atom is 0.357 e. The number of hydrogen-bond donors (Lipinski definition) is 0. The molecule has 28 heavy (non-hydrogen) atoms. The highest BCUT2D eigenvalue weighted by Gasteiger charge is 2.28. The molecular formula is C22H24N4O2. The van der Waals surface area contributed by atoms with Crippen LogP contribution in [0.2, 0.25) is 0 Å². The fourth-order valence-corrected chi connectivity index (χ4v) is 3.79. The van der Waals surface area contributed by atoms with Gasteiger partial charge in [-0.05, 0) is 50.5 Å². The molecule has 2 aromatic heterocycles. The van der Waals surface area contributed by atoms with Crippen LogP contribution in [0.4, 0.5) is 0 Å². The predicted molar refractivity (Wildman–Crippen MR) is 107 cm³/mol. The van der Waals surface area contributed by atoms with Gasteiger partial charge in [0, 0.05) is 35.9 Å². The average Bonchev–Trinajstić information content (AvgIpc) is 3.00. The van der Waals surface area contributed by atoms with Gasteiger partial charge in [-0.1, -0.05) is 6.92 Å². The van der Waals surface area contributed by atoms with E-state index in [1.807, 2.05) is 6.20 Å². The highest BCUT2D eigenvalue weighted by Crippen LogP contribution is 2.37. The van der Waals surface area contributed by atoms with Crippen molar-refractivity contribution in [2.75, 3.05) is 6.61 Å². The third-order valence-corrected chi connectivity index (χ3v) is 5.26. The van der Waals surface area contributed by atoms with Gasteiger partial charge < -0.3 is 4.74 Å². The van der Waals surface area contributed by atoms with E-state index in [1.165, 1.54) is 17.5 Å². The Bertz CT molecular complexity index is 1070. The molecule has 3 aromatic rings. The van der Waals surface area contributed by atoms with Crippen LogP contribution in [0.3, 0.4) is 0 Å². The smallest absolute Gasteiger partial charge is 0.357 e. The van der Waals surface area contributed by atoms with Gasteiger partial charge in [-0.2, -0.15) is 0 Å². The van der Waals surface area contributed by atoms with Crippen molar-refractivity contribution in [3.8, 4) is 16.9 Å². The molecule has 3 heterocycles. The van der Waals surface area contributed by atoms with Crippen molar-refractivity contribution < 1.29 is 9.53 Å². The summed E-state index contributed by atoms with van der Waals surface area (Å²) in [5.41, 5.74) is 7.42. The first-order valence-corrected chi connectivity index (χ1v) is 9.73. The van der Waals surface area contributed by atoms with Gasteiger partial charge in [-0.3, -0.25) is 4.57 Å². The summed E-state index contributed by atoms with van der Waals surface area (Å²) in [5.74, 6) is 0.619. The van der Waals surface area contributed by atoms with Crippen molar-refractivity contribution in [3.05, 3.63) is 58.6 Å². The molecule has 0 spiro atoms. The third-order valence-electron chi connectivity index (χ3n) is 5.26. The van der Waals surface area contributed by atoms with E-state index in [0.717, 1.165) is 46.9 Å². The maximum absolute atomic E-state index is 12.5. The third kappa shape index (κ3) is 2.89. The van der Waals surface area contributed by atoms with E-state index in [2.05, 4.69) is 52.4 Å². The molecule has 0 atom stereocenters. The molecule has 1 aliphatic heterocycles. The van der Waals surface area contributed by atoms with Gasteiger partial charge in [-0.25, -0.2) is 19.7 Å². The first-order chi connectivity index (χ1) is 13.5. The molecule has 0 radical (unpaired) electrons. The Labute approximate surface area is 164 Å². The Morgan fingerprint density at radius 2 is 1.93 bits per heavy atom. The van der Waals surface area contributed by atoms with Gasteiger partial charge in [0.15, 0.2) is 5.69 Å². The SMILES string of the molecule is CCCc1ncc2n1-c1cc(C)c(C)cc1-c1ncnc(C(=O)OCC)c1C2. The van der Waals surface area contributed by atoms with Crippen molar-refractivity contribution >= 4 is 5.97 Å². The first kappa shape index (κ1) is 18.3. The lowest BCUT2D eigenvalue weighted by Crippen LogP contribution is -2.13. The minimum absolute atomic E-state index is 0.311. The number of aromatic nitrogens is 4. The second-order valence-electron chi connectivity index (χ2n) is 7.15. The fourth-order valence-electron chi connectivity index (χ4n) is 3.79.